The van der Waals surface area contributed by atoms with Gasteiger partial charge in [0.1, 0.15) is 0 Å². The number of amides is 2. The second kappa shape index (κ2) is 7.97. The van der Waals surface area contributed by atoms with Gasteiger partial charge < -0.3 is 10.6 Å². The molecule has 0 bridgehead atoms. The van der Waals surface area contributed by atoms with E-state index in [1.165, 1.54) is 37.7 Å². The van der Waals surface area contributed by atoms with Crippen molar-refractivity contribution >= 4 is 17.4 Å². The summed E-state index contributed by atoms with van der Waals surface area (Å²) in [6.07, 6.45) is 8.62. The van der Waals surface area contributed by atoms with Gasteiger partial charge in [-0.2, -0.15) is 11.3 Å². The molecule has 2 fully saturated rings. The summed E-state index contributed by atoms with van der Waals surface area (Å²) in [6.45, 7) is 2.99. The van der Waals surface area contributed by atoms with Crippen LogP contribution in [0.25, 0.3) is 0 Å². The first kappa shape index (κ1) is 15.8. The summed E-state index contributed by atoms with van der Waals surface area (Å²) >= 11 is 1.73. The van der Waals surface area contributed by atoms with Crippen LogP contribution in [0, 0.1) is 0 Å². The topological polar surface area (TPSA) is 44.4 Å². The number of carbonyl (C=O) groups excluding carboxylic acids is 1. The normalized spacial score (nSPS) is 21.6. The zero-order valence-electron chi connectivity index (χ0n) is 13.2. The van der Waals surface area contributed by atoms with Gasteiger partial charge in [-0.25, -0.2) is 4.79 Å². The lowest BCUT2D eigenvalue weighted by Gasteiger charge is -2.28. The monoisotopic (exact) mass is 321 g/mol. The highest BCUT2D eigenvalue weighted by Gasteiger charge is 2.24. The first-order valence-electron chi connectivity index (χ1n) is 8.63. The number of urea groups is 1. The van der Waals surface area contributed by atoms with Crippen molar-refractivity contribution in [3.8, 4) is 0 Å². The van der Waals surface area contributed by atoms with E-state index in [1.807, 2.05) is 0 Å². The van der Waals surface area contributed by atoms with Crippen LogP contribution < -0.4 is 10.6 Å². The maximum Gasteiger partial charge on any atom is 0.315 e. The molecule has 0 spiro atoms. The van der Waals surface area contributed by atoms with E-state index in [4.69, 9.17) is 0 Å². The Kier molecular flexibility index (Phi) is 5.73. The van der Waals surface area contributed by atoms with Gasteiger partial charge in [-0.3, -0.25) is 4.90 Å². The number of rotatable bonds is 5. The Morgan fingerprint density at radius 2 is 2.00 bits per heavy atom. The van der Waals surface area contributed by atoms with E-state index in [1.54, 1.807) is 11.3 Å². The van der Waals surface area contributed by atoms with Gasteiger partial charge in [0, 0.05) is 12.6 Å². The third-order valence-corrected chi connectivity index (χ3v) is 5.61. The molecule has 5 heteroatoms. The molecule has 0 radical (unpaired) electrons. The van der Waals surface area contributed by atoms with Gasteiger partial charge in [0.05, 0.1) is 6.04 Å². The zero-order chi connectivity index (χ0) is 15.2. The summed E-state index contributed by atoms with van der Waals surface area (Å²) < 4.78 is 0. The van der Waals surface area contributed by atoms with Crippen molar-refractivity contribution < 1.29 is 4.79 Å². The van der Waals surface area contributed by atoms with Gasteiger partial charge >= 0.3 is 6.03 Å². The first-order valence-corrected chi connectivity index (χ1v) is 9.58. The Morgan fingerprint density at radius 3 is 2.68 bits per heavy atom. The zero-order valence-corrected chi connectivity index (χ0v) is 14.0. The maximum absolute atomic E-state index is 12.2. The predicted molar refractivity (Wildman–Crippen MR) is 91.3 cm³/mol. The maximum atomic E-state index is 12.2. The Balaban J connectivity index is 1.51. The fourth-order valence-corrected chi connectivity index (χ4v) is 4.36. The summed E-state index contributed by atoms with van der Waals surface area (Å²) in [5.41, 5.74) is 1.34. The standard InChI is InChI=1S/C17H27N3OS/c21-17(19-15-6-2-1-3-7-15)18-12-16(14-8-11-22-13-14)20-9-4-5-10-20/h8,11,13,15-16H,1-7,9-10,12H2,(H2,18,19,21)/t16-/m0/s1. The first-order chi connectivity index (χ1) is 10.8. The summed E-state index contributed by atoms with van der Waals surface area (Å²) in [5, 5.41) is 10.6. The van der Waals surface area contributed by atoms with Gasteiger partial charge in [-0.05, 0) is 61.2 Å². The Bertz CT molecular complexity index is 450. The molecular weight excluding hydrogens is 294 g/mol. The summed E-state index contributed by atoms with van der Waals surface area (Å²) in [7, 11) is 0. The molecule has 0 unspecified atom stereocenters. The third-order valence-electron chi connectivity index (χ3n) is 4.91. The number of thiophene rings is 1. The third kappa shape index (κ3) is 4.23. The molecule has 1 aliphatic heterocycles. The van der Waals surface area contributed by atoms with Gasteiger partial charge in [0.25, 0.3) is 0 Å². The quantitative estimate of drug-likeness (QED) is 0.871. The lowest BCUT2D eigenvalue weighted by Crippen LogP contribution is -2.45. The predicted octanol–water partition coefficient (Wildman–Crippen LogP) is 3.52. The van der Waals surface area contributed by atoms with Crippen LogP contribution in [0.3, 0.4) is 0 Å². The van der Waals surface area contributed by atoms with E-state index < -0.39 is 0 Å². The van der Waals surface area contributed by atoms with Crippen LogP contribution in [0.5, 0.6) is 0 Å². The SMILES string of the molecule is O=C(NC[C@@H](c1ccsc1)N1CCCC1)NC1CCCCC1. The lowest BCUT2D eigenvalue weighted by atomic mass is 9.96. The van der Waals surface area contributed by atoms with Gasteiger partial charge in [-0.1, -0.05) is 19.3 Å². The number of nitrogens with zero attached hydrogens (tertiary/aromatic N) is 1. The van der Waals surface area contributed by atoms with Crippen molar-refractivity contribution in [3.05, 3.63) is 22.4 Å². The highest BCUT2D eigenvalue weighted by atomic mass is 32.1. The van der Waals surface area contributed by atoms with Crippen LogP contribution >= 0.6 is 11.3 Å². The minimum atomic E-state index is 0.00586. The molecule has 22 heavy (non-hydrogen) atoms. The molecule has 0 aromatic carbocycles. The molecule has 1 aromatic rings. The molecule has 2 amide bonds. The van der Waals surface area contributed by atoms with Crippen molar-refractivity contribution in [1.82, 2.24) is 15.5 Å². The molecule has 2 heterocycles. The van der Waals surface area contributed by atoms with Crippen LogP contribution in [-0.2, 0) is 0 Å². The number of likely N-dealkylation sites (tertiary alicyclic amines) is 1. The highest BCUT2D eigenvalue weighted by molar-refractivity contribution is 7.07. The van der Waals surface area contributed by atoms with Gasteiger partial charge in [-0.15, -0.1) is 0 Å². The Morgan fingerprint density at radius 1 is 1.23 bits per heavy atom. The van der Waals surface area contributed by atoms with Crippen molar-refractivity contribution in [2.75, 3.05) is 19.6 Å². The number of hydrogen-bond acceptors (Lipinski definition) is 3. The summed E-state index contributed by atoms with van der Waals surface area (Å²) in [5.74, 6) is 0. The lowest BCUT2D eigenvalue weighted by molar-refractivity contribution is 0.216. The smallest absolute Gasteiger partial charge is 0.315 e. The average molecular weight is 321 g/mol. The molecule has 3 rings (SSSR count). The second-order valence-corrected chi connectivity index (χ2v) is 7.28. The van der Waals surface area contributed by atoms with Gasteiger partial charge in [0.2, 0.25) is 0 Å². The van der Waals surface area contributed by atoms with E-state index in [0.717, 1.165) is 25.9 Å². The molecule has 1 atom stereocenters. The van der Waals surface area contributed by atoms with Gasteiger partial charge in [0.15, 0.2) is 0 Å². The van der Waals surface area contributed by atoms with Crippen LogP contribution in [-0.4, -0.2) is 36.6 Å². The van der Waals surface area contributed by atoms with E-state index in [9.17, 15) is 4.79 Å². The fourth-order valence-electron chi connectivity index (χ4n) is 3.65. The minimum absolute atomic E-state index is 0.00586. The van der Waals surface area contributed by atoms with Crippen molar-refractivity contribution in [1.29, 1.82) is 0 Å². The van der Waals surface area contributed by atoms with Crippen LogP contribution in [0.15, 0.2) is 16.8 Å². The van der Waals surface area contributed by atoms with E-state index in [0.29, 0.717) is 18.6 Å². The number of hydrogen-bond donors (Lipinski definition) is 2. The van der Waals surface area contributed by atoms with E-state index in [-0.39, 0.29) is 6.03 Å². The largest absolute Gasteiger partial charge is 0.336 e. The minimum Gasteiger partial charge on any atom is -0.336 e. The molecule has 1 aromatic heterocycles. The van der Waals surface area contributed by atoms with Crippen LogP contribution in [0.4, 0.5) is 4.79 Å². The average Bonchev–Trinajstić information content (AvgIpc) is 3.22. The summed E-state index contributed by atoms with van der Waals surface area (Å²) in [6, 6.07) is 2.89. The fraction of sp³-hybridized carbons (Fsp3) is 0.706. The Labute approximate surface area is 137 Å². The van der Waals surface area contributed by atoms with Crippen molar-refractivity contribution in [3.63, 3.8) is 0 Å². The molecular formula is C17H27N3OS. The molecule has 2 N–H and O–H groups in total. The Hall–Kier alpha value is -1.07. The second-order valence-electron chi connectivity index (χ2n) is 6.50. The van der Waals surface area contributed by atoms with E-state index in [2.05, 4.69) is 32.4 Å². The molecule has 2 aliphatic rings. The molecule has 4 nitrogen and oxygen atoms in total. The van der Waals surface area contributed by atoms with Crippen LogP contribution in [0.2, 0.25) is 0 Å². The van der Waals surface area contributed by atoms with E-state index >= 15 is 0 Å². The highest BCUT2D eigenvalue weighted by Crippen LogP contribution is 2.26. The molecule has 1 saturated heterocycles. The number of nitrogens with one attached hydrogen (secondary N) is 2. The molecule has 122 valence electrons. The molecule has 1 saturated carbocycles. The van der Waals surface area contributed by atoms with Crippen molar-refractivity contribution in [2.45, 2.75) is 57.0 Å². The molecule has 1 aliphatic carbocycles. The van der Waals surface area contributed by atoms with Crippen LogP contribution in [0.1, 0.15) is 56.6 Å². The number of carbonyl (C=O) groups is 1. The summed E-state index contributed by atoms with van der Waals surface area (Å²) in [4.78, 5) is 14.7. The van der Waals surface area contributed by atoms with Crippen molar-refractivity contribution in [2.24, 2.45) is 0 Å².